The van der Waals surface area contributed by atoms with Gasteiger partial charge in [-0.2, -0.15) is 0 Å². The Morgan fingerprint density at radius 1 is 0.943 bits per heavy atom. The van der Waals surface area contributed by atoms with Gasteiger partial charge in [0.2, 0.25) is 0 Å². The van der Waals surface area contributed by atoms with E-state index < -0.39 is 10.0 Å². The highest BCUT2D eigenvalue weighted by Gasteiger charge is 2.26. The summed E-state index contributed by atoms with van der Waals surface area (Å²) in [5, 5.41) is 3.31. The van der Waals surface area contributed by atoms with Crippen molar-refractivity contribution in [1.82, 2.24) is 15.1 Å². The number of amides is 1. The van der Waals surface area contributed by atoms with Crippen LogP contribution in [-0.2, 0) is 10.0 Å². The molecule has 2 aromatic rings. The van der Waals surface area contributed by atoms with Crippen LogP contribution >= 0.6 is 0 Å². The Balaban J connectivity index is 1.71. The molecule has 2 heterocycles. The summed E-state index contributed by atoms with van der Waals surface area (Å²) in [6.45, 7) is 5.91. The fraction of sp³-hybridized carbons (Fsp3) is 0.458. The third-order valence-corrected chi connectivity index (χ3v) is 7.78. The Morgan fingerprint density at radius 3 is 2.31 bits per heavy atom. The number of hydrogen-bond acceptors (Lipinski definition) is 8. The molecule has 2 aliphatic rings. The summed E-state index contributed by atoms with van der Waals surface area (Å²) in [5.74, 6) is 0.489. The third kappa shape index (κ3) is 5.63. The monoisotopic (exact) mass is 503 g/mol. The average Bonchev–Trinajstić information content (AvgIpc) is 2.88. The number of hydrogen-bond donors (Lipinski definition) is 2. The average molecular weight is 504 g/mol. The maximum absolute atomic E-state index is 13.5. The molecule has 10 nitrogen and oxygen atoms in total. The van der Waals surface area contributed by atoms with Gasteiger partial charge in [0.1, 0.15) is 16.4 Å². The Morgan fingerprint density at radius 2 is 1.66 bits per heavy atom. The molecule has 11 heteroatoms. The van der Waals surface area contributed by atoms with Gasteiger partial charge in [0.05, 0.1) is 25.6 Å². The molecule has 0 aliphatic carbocycles. The molecular formula is C24H33N5O5S. The molecule has 2 aromatic carbocycles. The quantitative estimate of drug-likeness (QED) is 0.583. The number of nitrogens with one attached hydrogen (secondary N) is 2. The predicted molar refractivity (Wildman–Crippen MR) is 135 cm³/mol. The lowest BCUT2D eigenvalue weighted by atomic mass is 10.1. The second kappa shape index (κ2) is 10.7. The van der Waals surface area contributed by atoms with E-state index >= 15 is 0 Å². The Hall–Kier alpha value is -3.02. The summed E-state index contributed by atoms with van der Waals surface area (Å²) in [4.78, 5) is 19.3. The maximum atomic E-state index is 13.5. The van der Waals surface area contributed by atoms with Gasteiger partial charge in [0.25, 0.3) is 15.9 Å². The number of rotatable bonds is 7. The van der Waals surface area contributed by atoms with E-state index in [-0.39, 0.29) is 16.6 Å². The van der Waals surface area contributed by atoms with Crippen molar-refractivity contribution in [1.29, 1.82) is 0 Å². The highest BCUT2D eigenvalue weighted by molar-refractivity contribution is 7.92. The van der Waals surface area contributed by atoms with Gasteiger partial charge < -0.3 is 29.5 Å². The van der Waals surface area contributed by atoms with Crippen molar-refractivity contribution in [3.05, 3.63) is 42.0 Å². The smallest absolute Gasteiger partial charge is 0.265 e. The Labute approximate surface area is 206 Å². The summed E-state index contributed by atoms with van der Waals surface area (Å²) in [6.07, 6.45) is 0. The molecule has 1 amide bonds. The van der Waals surface area contributed by atoms with Crippen molar-refractivity contribution in [2.45, 2.75) is 4.90 Å². The Kier molecular flexibility index (Phi) is 7.68. The fourth-order valence-corrected chi connectivity index (χ4v) is 5.57. The van der Waals surface area contributed by atoms with Gasteiger partial charge in [-0.3, -0.25) is 9.52 Å². The van der Waals surface area contributed by atoms with Gasteiger partial charge in [-0.05, 0) is 37.4 Å². The number of carbonyl (C=O) groups is 1. The number of carbonyl (C=O) groups excluding carboxylic acids is 1. The molecule has 0 aromatic heterocycles. The summed E-state index contributed by atoms with van der Waals surface area (Å²) in [6, 6.07) is 9.86. The predicted octanol–water partition coefficient (Wildman–Crippen LogP) is 1.30. The van der Waals surface area contributed by atoms with E-state index in [0.29, 0.717) is 30.1 Å². The van der Waals surface area contributed by atoms with Crippen molar-refractivity contribution in [2.24, 2.45) is 0 Å². The van der Waals surface area contributed by atoms with E-state index in [2.05, 4.69) is 19.8 Å². The number of anilines is 2. The highest BCUT2D eigenvalue weighted by atomic mass is 32.2. The first-order chi connectivity index (χ1) is 16.8. The minimum atomic E-state index is -4.05. The zero-order chi connectivity index (χ0) is 25.0. The van der Waals surface area contributed by atoms with Gasteiger partial charge in [0, 0.05) is 64.0 Å². The van der Waals surface area contributed by atoms with Gasteiger partial charge in [-0.25, -0.2) is 8.42 Å². The summed E-state index contributed by atoms with van der Waals surface area (Å²) in [5.41, 5.74) is 1.53. The zero-order valence-corrected chi connectivity index (χ0v) is 21.2. The van der Waals surface area contributed by atoms with Crippen LogP contribution in [0.1, 0.15) is 10.4 Å². The van der Waals surface area contributed by atoms with Gasteiger partial charge >= 0.3 is 0 Å². The minimum absolute atomic E-state index is 0.0404. The molecule has 2 aliphatic heterocycles. The lowest BCUT2D eigenvalue weighted by molar-refractivity contribution is 0.0664. The largest absolute Gasteiger partial charge is 0.497 e. The highest BCUT2D eigenvalue weighted by Crippen LogP contribution is 2.34. The first-order valence-electron chi connectivity index (χ1n) is 11.6. The number of sulfonamides is 1. The van der Waals surface area contributed by atoms with Gasteiger partial charge in [-0.1, -0.05) is 0 Å². The second-order valence-corrected chi connectivity index (χ2v) is 10.3. The minimum Gasteiger partial charge on any atom is -0.497 e. The van der Waals surface area contributed by atoms with Crippen LogP contribution in [0.25, 0.3) is 0 Å². The Bertz CT molecular complexity index is 1160. The number of nitrogens with zero attached hydrogens (tertiary/aromatic N) is 3. The van der Waals surface area contributed by atoms with E-state index in [4.69, 9.17) is 9.47 Å². The molecule has 2 fully saturated rings. The number of piperazine rings is 2. The van der Waals surface area contributed by atoms with Crippen LogP contribution in [0.15, 0.2) is 41.3 Å². The molecule has 35 heavy (non-hydrogen) atoms. The van der Waals surface area contributed by atoms with E-state index in [0.717, 1.165) is 45.0 Å². The summed E-state index contributed by atoms with van der Waals surface area (Å²) in [7, 11) is 0.871. The van der Waals surface area contributed by atoms with Crippen LogP contribution in [-0.4, -0.2) is 97.8 Å². The number of ether oxygens (including phenoxy) is 2. The van der Waals surface area contributed by atoms with E-state index in [1.54, 1.807) is 24.3 Å². The molecule has 0 bridgehead atoms. The molecule has 4 rings (SSSR count). The lowest BCUT2D eigenvalue weighted by Crippen LogP contribution is -2.47. The first kappa shape index (κ1) is 25.1. The molecule has 0 saturated carbocycles. The van der Waals surface area contributed by atoms with Crippen LogP contribution in [0.5, 0.6) is 11.5 Å². The topological polar surface area (TPSA) is 103 Å². The number of likely N-dealkylation sites (N-methyl/N-ethyl adjacent to an activating group) is 1. The van der Waals surface area contributed by atoms with Crippen molar-refractivity contribution >= 4 is 27.3 Å². The summed E-state index contributed by atoms with van der Waals surface area (Å²) >= 11 is 0. The number of methoxy groups -OCH3 is 2. The maximum Gasteiger partial charge on any atom is 0.265 e. The molecular weight excluding hydrogens is 470 g/mol. The van der Waals surface area contributed by atoms with Crippen LogP contribution in [0.4, 0.5) is 11.4 Å². The third-order valence-electron chi connectivity index (χ3n) is 6.40. The fourth-order valence-electron chi connectivity index (χ4n) is 4.32. The van der Waals surface area contributed by atoms with Crippen molar-refractivity contribution in [3.63, 3.8) is 0 Å². The van der Waals surface area contributed by atoms with Crippen LogP contribution < -0.4 is 24.4 Å². The van der Waals surface area contributed by atoms with Crippen LogP contribution in [0.3, 0.4) is 0 Å². The SMILES string of the molecule is COc1ccc(OC)c(S(=O)(=O)Nc2cc(C(=O)N3CCN(C)CC3)ccc2N2CCNCC2)c1. The number of benzene rings is 2. The molecule has 0 spiro atoms. The van der Waals surface area contributed by atoms with E-state index in [1.807, 2.05) is 18.0 Å². The van der Waals surface area contributed by atoms with E-state index in [9.17, 15) is 13.2 Å². The van der Waals surface area contributed by atoms with Gasteiger partial charge in [-0.15, -0.1) is 0 Å². The lowest BCUT2D eigenvalue weighted by Gasteiger charge is -2.33. The normalized spacial score (nSPS) is 17.2. The van der Waals surface area contributed by atoms with Crippen LogP contribution in [0.2, 0.25) is 0 Å². The van der Waals surface area contributed by atoms with Crippen molar-refractivity contribution in [2.75, 3.05) is 83.2 Å². The first-order valence-corrected chi connectivity index (χ1v) is 13.1. The molecule has 190 valence electrons. The molecule has 0 atom stereocenters. The molecule has 0 radical (unpaired) electrons. The van der Waals surface area contributed by atoms with Crippen LogP contribution in [0, 0.1) is 0 Å². The van der Waals surface area contributed by atoms with Gasteiger partial charge in [0.15, 0.2) is 0 Å². The molecule has 2 N–H and O–H groups in total. The van der Waals surface area contributed by atoms with Crippen molar-refractivity contribution in [3.8, 4) is 11.5 Å². The second-order valence-electron chi connectivity index (χ2n) is 8.69. The molecule has 2 saturated heterocycles. The molecule has 0 unspecified atom stereocenters. The van der Waals surface area contributed by atoms with E-state index in [1.165, 1.54) is 20.3 Å². The standard InChI is InChI=1S/C24H33N5O5S/c1-27-12-14-29(15-13-27)24(30)18-4-6-21(28-10-8-25-9-11-28)20(16-18)26-35(31,32)23-17-19(33-2)5-7-22(23)34-3/h4-7,16-17,25-26H,8-15H2,1-3H3. The van der Waals surface area contributed by atoms with Crippen molar-refractivity contribution < 1.29 is 22.7 Å². The zero-order valence-electron chi connectivity index (χ0n) is 20.4. The summed E-state index contributed by atoms with van der Waals surface area (Å²) < 4.78 is 40.3.